The number of carbonyl (C=O) groups excluding carboxylic acids is 2. The van der Waals surface area contributed by atoms with Crippen LogP contribution in [-0.4, -0.2) is 21.6 Å². The molecule has 1 fully saturated rings. The van der Waals surface area contributed by atoms with Gasteiger partial charge in [-0.1, -0.05) is 0 Å². The van der Waals surface area contributed by atoms with Gasteiger partial charge in [0.2, 0.25) is 11.8 Å². The Morgan fingerprint density at radius 3 is 2.38 bits per heavy atom. The van der Waals surface area contributed by atoms with Gasteiger partial charge in [0.15, 0.2) is 0 Å². The second-order valence-corrected chi connectivity index (χ2v) is 5.09. The fourth-order valence-electron chi connectivity index (χ4n) is 1.97. The van der Waals surface area contributed by atoms with Crippen LogP contribution in [0.25, 0.3) is 0 Å². The molecule has 6 nitrogen and oxygen atoms in total. The molecule has 0 aliphatic heterocycles. The Morgan fingerprint density at radius 2 is 1.81 bits per heavy atom. The van der Waals surface area contributed by atoms with E-state index in [1.54, 1.807) is 47.4 Å². The summed E-state index contributed by atoms with van der Waals surface area (Å²) in [6, 6.07) is 8.87. The molecule has 0 unspecified atom stereocenters. The van der Waals surface area contributed by atoms with Crippen molar-refractivity contribution >= 4 is 23.2 Å². The molecule has 0 bridgehead atoms. The van der Waals surface area contributed by atoms with E-state index in [9.17, 15) is 9.59 Å². The van der Waals surface area contributed by atoms with Gasteiger partial charge in [0.05, 0.1) is 0 Å². The van der Waals surface area contributed by atoms with Gasteiger partial charge in [-0.25, -0.2) is 0 Å². The van der Waals surface area contributed by atoms with Gasteiger partial charge >= 0.3 is 0 Å². The number of hydrogen-bond donors (Lipinski definition) is 2. The van der Waals surface area contributed by atoms with Crippen molar-refractivity contribution in [1.29, 1.82) is 0 Å². The maximum Gasteiger partial charge on any atom is 0.246 e. The average molecular weight is 284 g/mol. The number of benzene rings is 1. The molecule has 0 spiro atoms. The van der Waals surface area contributed by atoms with Crippen molar-refractivity contribution < 1.29 is 9.59 Å². The van der Waals surface area contributed by atoms with Crippen LogP contribution < -0.4 is 10.6 Å². The first-order valence-corrected chi connectivity index (χ1v) is 6.89. The molecule has 1 aliphatic rings. The maximum atomic E-state index is 11.8. The fraction of sp³-hybridized carbons (Fsp3) is 0.267. The summed E-state index contributed by atoms with van der Waals surface area (Å²) in [5.74, 6) is 0.109. The summed E-state index contributed by atoms with van der Waals surface area (Å²) in [5, 5.41) is 9.61. The summed E-state index contributed by atoms with van der Waals surface area (Å²) in [7, 11) is 0. The van der Waals surface area contributed by atoms with E-state index in [2.05, 4.69) is 15.7 Å². The number of hydrogen-bond acceptors (Lipinski definition) is 3. The zero-order valence-corrected chi connectivity index (χ0v) is 11.5. The number of nitrogens with zero attached hydrogens (tertiary/aromatic N) is 2. The van der Waals surface area contributed by atoms with Gasteiger partial charge in [-0.15, -0.1) is 0 Å². The highest BCUT2D eigenvalue weighted by molar-refractivity contribution is 5.95. The smallest absolute Gasteiger partial charge is 0.246 e. The number of anilines is 2. The minimum absolute atomic E-state index is 0.0745. The summed E-state index contributed by atoms with van der Waals surface area (Å²) in [6.45, 7) is 0.174. The minimum Gasteiger partial charge on any atom is -0.326 e. The van der Waals surface area contributed by atoms with Crippen LogP contribution in [-0.2, 0) is 16.1 Å². The summed E-state index contributed by atoms with van der Waals surface area (Å²) in [6.07, 6.45) is 5.32. The maximum absolute atomic E-state index is 11.8. The Labute approximate surface area is 122 Å². The second-order valence-electron chi connectivity index (χ2n) is 5.09. The Bertz CT molecular complexity index is 630. The minimum atomic E-state index is -0.145. The molecule has 1 aromatic heterocycles. The lowest BCUT2D eigenvalue weighted by molar-refractivity contribution is -0.118. The normalized spacial score (nSPS) is 13.7. The molecular weight excluding hydrogens is 268 g/mol. The predicted octanol–water partition coefficient (Wildman–Crippen LogP) is 1.87. The first-order valence-electron chi connectivity index (χ1n) is 6.89. The molecule has 108 valence electrons. The van der Waals surface area contributed by atoms with E-state index in [1.807, 2.05) is 0 Å². The van der Waals surface area contributed by atoms with E-state index in [1.165, 1.54) is 0 Å². The molecule has 2 N–H and O–H groups in total. The Balaban J connectivity index is 1.53. The van der Waals surface area contributed by atoms with E-state index in [-0.39, 0.29) is 24.3 Å². The monoisotopic (exact) mass is 284 g/mol. The van der Waals surface area contributed by atoms with Crippen molar-refractivity contribution in [3.8, 4) is 0 Å². The summed E-state index contributed by atoms with van der Waals surface area (Å²) in [4.78, 5) is 23.4. The molecule has 0 saturated heterocycles. The van der Waals surface area contributed by atoms with Crippen LogP contribution in [0.3, 0.4) is 0 Å². The standard InChI is InChI=1S/C15H16N4O2/c20-14(10-19-9-1-8-16-19)17-12-4-6-13(7-5-12)18-15(21)11-2-3-11/h1,4-9,11H,2-3,10H2,(H,17,20)(H,18,21). The molecule has 6 heteroatoms. The number of rotatable bonds is 5. The van der Waals surface area contributed by atoms with Crippen molar-refractivity contribution in [2.75, 3.05) is 10.6 Å². The molecule has 0 atom stereocenters. The van der Waals surface area contributed by atoms with Crippen LogP contribution in [0.15, 0.2) is 42.7 Å². The zero-order chi connectivity index (χ0) is 14.7. The van der Waals surface area contributed by atoms with Crippen molar-refractivity contribution in [3.63, 3.8) is 0 Å². The molecule has 2 amide bonds. The zero-order valence-electron chi connectivity index (χ0n) is 11.5. The first-order chi connectivity index (χ1) is 10.2. The van der Waals surface area contributed by atoms with Gasteiger partial charge in [0, 0.05) is 29.7 Å². The molecule has 2 aromatic rings. The van der Waals surface area contributed by atoms with E-state index in [0.717, 1.165) is 18.5 Å². The van der Waals surface area contributed by atoms with Gasteiger partial charge in [-0.05, 0) is 43.2 Å². The average Bonchev–Trinajstić information content (AvgIpc) is 3.20. The largest absolute Gasteiger partial charge is 0.326 e. The lowest BCUT2D eigenvalue weighted by atomic mass is 10.2. The molecule has 1 heterocycles. The summed E-state index contributed by atoms with van der Waals surface area (Å²) >= 11 is 0. The van der Waals surface area contributed by atoms with E-state index < -0.39 is 0 Å². The van der Waals surface area contributed by atoms with Crippen LogP contribution in [0.1, 0.15) is 12.8 Å². The number of aromatic nitrogens is 2. The number of carbonyl (C=O) groups is 2. The van der Waals surface area contributed by atoms with Gasteiger partial charge in [0.1, 0.15) is 6.54 Å². The van der Waals surface area contributed by atoms with Gasteiger partial charge in [-0.3, -0.25) is 14.3 Å². The topological polar surface area (TPSA) is 76.0 Å². The predicted molar refractivity (Wildman–Crippen MR) is 78.7 cm³/mol. The lowest BCUT2D eigenvalue weighted by Crippen LogP contribution is -2.19. The lowest BCUT2D eigenvalue weighted by Gasteiger charge is -2.07. The fourth-order valence-corrected chi connectivity index (χ4v) is 1.97. The highest BCUT2D eigenvalue weighted by Crippen LogP contribution is 2.30. The van der Waals surface area contributed by atoms with Crippen LogP contribution in [0.4, 0.5) is 11.4 Å². The molecule has 21 heavy (non-hydrogen) atoms. The quantitative estimate of drug-likeness (QED) is 0.880. The third-order valence-corrected chi connectivity index (χ3v) is 3.25. The van der Waals surface area contributed by atoms with Crippen molar-refractivity contribution in [2.24, 2.45) is 5.92 Å². The SMILES string of the molecule is O=C(Cn1cccn1)Nc1ccc(NC(=O)C2CC2)cc1. The molecule has 0 radical (unpaired) electrons. The highest BCUT2D eigenvalue weighted by Gasteiger charge is 2.29. The van der Waals surface area contributed by atoms with Crippen LogP contribution in [0.5, 0.6) is 0 Å². The summed E-state index contributed by atoms with van der Waals surface area (Å²) < 4.78 is 1.56. The van der Waals surface area contributed by atoms with Gasteiger partial charge in [-0.2, -0.15) is 5.10 Å². The second kappa shape index (κ2) is 5.78. The highest BCUT2D eigenvalue weighted by atomic mass is 16.2. The summed E-state index contributed by atoms with van der Waals surface area (Å²) in [5.41, 5.74) is 1.44. The third kappa shape index (κ3) is 3.68. The molecular formula is C15H16N4O2. The van der Waals surface area contributed by atoms with E-state index in [0.29, 0.717) is 5.69 Å². The molecule has 1 saturated carbocycles. The van der Waals surface area contributed by atoms with Crippen LogP contribution in [0, 0.1) is 5.92 Å². The Hall–Kier alpha value is -2.63. The van der Waals surface area contributed by atoms with Crippen LogP contribution >= 0.6 is 0 Å². The van der Waals surface area contributed by atoms with E-state index >= 15 is 0 Å². The van der Waals surface area contributed by atoms with Gasteiger partial charge < -0.3 is 10.6 Å². The number of amides is 2. The Morgan fingerprint density at radius 1 is 1.14 bits per heavy atom. The number of nitrogens with one attached hydrogen (secondary N) is 2. The molecule has 1 aliphatic carbocycles. The third-order valence-electron chi connectivity index (χ3n) is 3.25. The van der Waals surface area contributed by atoms with Crippen molar-refractivity contribution in [2.45, 2.75) is 19.4 Å². The molecule has 1 aromatic carbocycles. The van der Waals surface area contributed by atoms with E-state index in [4.69, 9.17) is 0 Å². The first kappa shape index (κ1) is 13.4. The van der Waals surface area contributed by atoms with Crippen molar-refractivity contribution in [3.05, 3.63) is 42.7 Å². The van der Waals surface area contributed by atoms with Crippen LogP contribution in [0.2, 0.25) is 0 Å². The molecule has 3 rings (SSSR count). The Kier molecular flexibility index (Phi) is 3.68. The van der Waals surface area contributed by atoms with Crippen molar-refractivity contribution in [1.82, 2.24) is 9.78 Å². The van der Waals surface area contributed by atoms with Gasteiger partial charge in [0.25, 0.3) is 0 Å².